The molecular formula is C16H16ClFO. The lowest BCUT2D eigenvalue weighted by molar-refractivity contribution is 0.0537. The minimum atomic E-state index is -1.25. The SMILES string of the molecule is Cc1ccc(F)c(C(C)(O)Cc2ccc(Cl)cc2)c1. The first kappa shape index (κ1) is 14.0. The van der Waals surface area contributed by atoms with Gasteiger partial charge in [0.25, 0.3) is 0 Å². The van der Waals surface area contributed by atoms with E-state index in [4.69, 9.17) is 11.6 Å². The van der Waals surface area contributed by atoms with E-state index in [2.05, 4.69) is 0 Å². The largest absolute Gasteiger partial charge is 0.385 e. The van der Waals surface area contributed by atoms with Crippen molar-refractivity contribution < 1.29 is 9.50 Å². The first-order chi connectivity index (χ1) is 8.88. The number of aliphatic hydroxyl groups is 1. The van der Waals surface area contributed by atoms with E-state index in [1.807, 2.05) is 19.1 Å². The van der Waals surface area contributed by atoms with Crippen molar-refractivity contribution in [1.82, 2.24) is 0 Å². The summed E-state index contributed by atoms with van der Waals surface area (Å²) in [6.07, 6.45) is 0.338. The molecular weight excluding hydrogens is 263 g/mol. The summed E-state index contributed by atoms with van der Waals surface area (Å²) in [5, 5.41) is 11.2. The van der Waals surface area contributed by atoms with E-state index < -0.39 is 5.60 Å². The van der Waals surface area contributed by atoms with Gasteiger partial charge in [-0.3, -0.25) is 0 Å². The van der Waals surface area contributed by atoms with Crippen LogP contribution in [0.1, 0.15) is 23.6 Å². The zero-order chi connectivity index (χ0) is 14.0. The van der Waals surface area contributed by atoms with Crippen LogP contribution in [0.4, 0.5) is 4.39 Å². The molecule has 1 unspecified atom stereocenters. The normalized spacial score (nSPS) is 14.2. The van der Waals surface area contributed by atoms with Crippen LogP contribution in [0.3, 0.4) is 0 Å². The molecule has 0 aliphatic heterocycles. The standard InChI is InChI=1S/C16H16ClFO/c1-11-3-8-15(18)14(9-11)16(2,19)10-12-4-6-13(17)7-5-12/h3-9,19H,10H2,1-2H3. The first-order valence-electron chi connectivity index (χ1n) is 6.12. The van der Waals surface area contributed by atoms with Gasteiger partial charge in [-0.2, -0.15) is 0 Å². The zero-order valence-electron chi connectivity index (χ0n) is 11.0. The minimum absolute atomic E-state index is 0.322. The fourth-order valence-corrected chi connectivity index (χ4v) is 2.27. The summed E-state index contributed by atoms with van der Waals surface area (Å²) < 4.78 is 13.9. The van der Waals surface area contributed by atoms with Crippen molar-refractivity contribution in [2.75, 3.05) is 0 Å². The van der Waals surface area contributed by atoms with Crippen LogP contribution in [0.2, 0.25) is 5.02 Å². The predicted molar refractivity (Wildman–Crippen MR) is 75.9 cm³/mol. The molecule has 0 saturated carbocycles. The molecule has 0 spiro atoms. The molecule has 0 radical (unpaired) electrons. The fraction of sp³-hybridized carbons (Fsp3) is 0.250. The molecule has 0 aliphatic rings. The van der Waals surface area contributed by atoms with Gasteiger partial charge in [-0.05, 0) is 37.6 Å². The lowest BCUT2D eigenvalue weighted by Crippen LogP contribution is -2.25. The van der Waals surface area contributed by atoms with Crippen molar-refractivity contribution >= 4 is 11.6 Å². The van der Waals surface area contributed by atoms with E-state index in [0.717, 1.165) is 11.1 Å². The maximum Gasteiger partial charge on any atom is 0.129 e. The van der Waals surface area contributed by atoms with Crippen molar-refractivity contribution in [3.63, 3.8) is 0 Å². The van der Waals surface area contributed by atoms with Crippen molar-refractivity contribution in [1.29, 1.82) is 0 Å². The average Bonchev–Trinajstić information content (AvgIpc) is 2.35. The Bertz CT molecular complexity index is 576. The van der Waals surface area contributed by atoms with Crippen LogP contribution in [-0.2, 0) is 12.0 Å². The first-order valence-corrected chi connectivity index (χ1v) is 6.50. The summed E-state index contributed by atoms with van der Waals surface area (Å²) in [6, 6.07) is 12.0. The maximum atomic E-state index is 13.9. The van der Waals surface area contributed by atoms with Gasteiger partial charge in [0.2, 0.25) is 0 Å². The average molecular weight is 279 g/mol. The molecule has 0 aromatic heterocycles. The summed E-state index contributed by atoms with van der Waals surface area (Å²) in [7, 11) is 0. The fourth-order valence-electron chi connectivity index (χ4n) is 2.15. The van der Waals surface area contributed by atoms with Gasteiger partial charge in [0, 0.05) is 17.0 Å². The van der Waals surface area contributed by atoms with Gasteiger partial charge < -0.3 is 5.11 Å². The summed E-state index contributed by atoms with van der Waals surface area (Å²) in [6.45, 7) is 3.50. The number of halogens is 2. The molecule has 0 fully saturated rings. The summed E-state index contributed by atoms with van der Waals surface area (Å²) in [5.41, 5.74) is 0.912. The van der Waals surface area contributed by atoms with Crippen LogP contribution in [0, 0.1) is 12.7 Å². The Morgan fingerprint density at radius 3 is 2.42 bits per heavy atom. The highest BCUT2D eigenvalue weighted by molar-refractivity contribution is 6.30. The van der Waals surface area contributed by atoms with E-state index >= 15 is 0 Å². The minimum Gasteiger partial charge on any atom is -0.385 e. The van der Waals surface area contributed by atoms with Crippen LogP contribution in [0.15, 0.2) is 42.5 Å². The molecule has 1 nitrogen and oxygen atoms in total. The number of benzene rings is 2. The van der Waals surface area contributed by atoms with Gasteiger partial charge in [0.1, 0.15) is 5.82 Å². The van der Waals surface area contributed by atoms with Crippen LogP contribution >= 0.6 is 11.6 Å². The highest BCUT2D eigenvalue weighted by atomic mass is 35.5. The molecule has 0 amide bonds. The van der Waals surface area contributed by atoms with Crippen molar-refractivity contribution in [3.05, 3.63) is 70.0 Å². The van der Waals surface area contributed by atoms with Gasteiger partial charge in [-0.25, -0.2) is 4.39 Å². The maximum absolute atomic E-state index is 13.9. The smallest absolute Gasteiger partial charge is 0.129 e. The molecule has 2 aromatic rings. The van der Waals surface area contributed by atoms with E-state index in [1.54, 1.807) is 31.2 Å². The van der Waals surface area contributed by atoms with Crippen molar-refractivity contribution in [3.8, 4) is 0 Å². The number of hydrogen-bond acceptors (Lipinski definition) is 1. The van der Waals surface area contributed by atoms with E-state index in [0.29, 0.717) is 17.0 Å². The van der Waals surface area contributed by atoms with Crippen LogP contribution in [0.25, 0.3) is 0 Å². The molecule has 1 atom stereocenters. The van der Waals surface area contributed by atoms with Gasteiger partial charge in [0.15, 0.2) is 0 Å². The third kappa shape index (κ3) is 3.34. The summed E-state index contributed by atoms with van der Waals surface area (Å²) >= 11 is 5.82. The molecule has 0 bridgehead atoms. The Morgan fingerprint density at radius 2 is 1.79 bits per heavy atom. The second kappa shape index (κ2) is 5.32. The zero-order valence-corrected chi connectivity index (χ0v) is 11.7. The molecule has 0 saturated heterocycles. The molecule has 3 heteroatoms. The monoisotopic (exact) mass is 278 g/mol. The molecule has 19 heavy (non-hydrogen) atoms. The Hall–Kier alpha value is -1.38. The molecule has 100 valence electrons. The third-order valence-electron chi connectivity index (χ3n) is 3.16. The van der Waals surface area contributed by atoms with Gasteiger partial charge >= 0.3 is 0 Å². The summed E-state index contributed by atoms with van der Waals surface area (Å²) in [5.74, 6) is -0.385. The molecule has 0 heterocycles. The van der Waals surface area contributed by atoms with Crippen molar-refractivity contribution in [2.24, 2.45) is 0 Å². The molecule has 2 rings (SSSR count). The lowest BCUT2D eigenvalue weighted by atomic mass is 9.88. The van der Waals surface area contributed by atoms with Gasteiger partial charge in [-0.15, -0.1) is 0 Å². The molecule has 0 aliphatic carbocycles. The Balaban J connectivity index is 2.31. The van der Waals surface area contributed by atoms with E-state index in [1.165, 1.54) is 6.07 Å². The Labute approximate surface area is 117 Å². The predicted octanol–water partition coefficient (Wildman–Crippen LogP) is 4.24. The molecule has 1 N–H and O–H groups in total. The van der Waals surface area contributed by atoms with Crippen LogP contribution < -0.4 is 0 Å². The molecule has 2 aromatic carbocycles. The van der Waals surface area contributed by atoms with Crippen molar-refractivity contribution in [2.45, 2.75) is 25.9 Å². The lowest BCUT2D eigenvalue weighted by Gasteiger charge is -2.25. The number of aryl methyl sites for hydroxylation is 1. The quantitative estimate of drug-likeness (QED) is 0.890. The highest BCUT2D eigenvalue weighted by Gasteiger charge is 2.27. The Kier molecular flexibility index (Phi) is 3.93. The van der Waals surface area contributed by atoms with E-state index in [-0.39, 0.29) is 5.82 Å². The number of hydrogen-bond donors (Lipinski definition) is 1. The second-order valence-electron chi connectivity index (χ2n) is 5.06. The van der Waals surface area contributed by atoms with Gasteiger partial charge in [-0.1, -0.05) is 41.4 Å². The number of rotatable bonds is 3. The second-order valence-corrected chi connectivity index (χ2v) is 5.50. The van der Waals surface area contributed by atoms with Gasteiger partial charge in [0.05, 0.1) is 5.60 Å². The highest BCUT2D eigenvalue weighted by Crippen LogP contribution is 2.28. The topological polar surface area (TPSA) is 20.2 Å². The van der Waals surface area contributed by atoms with Crippen LogP contribution in [-0.4, -0.2) is 5.11 Å². The Morgan fingerprint density at radius 1 is 1.16 bits per heavy atom. The summed E-state index contributed by atoms with van der Waals surface area (Å²) in [4.78, 5) is 0. The van der Waals surface area contributed by atoms with Crippen LogP contribution in [0.5, 0.6) is 0 Å². The van der Waals surface area contributed by atoms with E-state index in [9.17, 15) is 9.50 Å². The third-order valence-corrected chi connectivity index (χ3v) is 3.42.